The first-order valence-electron chi connectivity index (χ1n) is 12.5. The summed E-state index contributed by atoms with van der Waals surface area (Å²) in [5.41, 5.74) is 0.120. The van der Waals surface area contributed by atoms with Gasteiger partial charge in [0.2, 0.25) is 5.95 Å². The van der Waals surface area contributed by atoms with Crippen molar-refractivity contribution in [1.29, 1.82) is 0 Å². The van der Waals surface area contributed by atoms with E-state index in [4.69, 9.17) is 4.74 Å². The highest BCUT2D eigenvalue weighted by Gasteiger charge is 2.26. The molecular weight excluding hydrogens is 470 g/mol. The number of rotatable bonds is 6. The molecule has 12 heteroatoms. The van der Waals surface area contributed by atoms with E-state index in [1.54, 1.807) is 11.9 Å². The normalized spacial score (nSPS) is 21.4. The van der Waals surface area contributed by atoms with Crippen molar-refractivity contribution in [2.45, 2.75) is 45.2 Å². The van der Waals surface area contributed by atoms with Gasteiger partial charge in [0.15, 0.2) is 22.8 Å². The maximum Gasteiger partial charge on any atom is 0.282 e. The molecule has 0 spiro atoms. The number of aromatic nitrogens is 5. The van der Waals surface area contributed by atoms with Gasteiger partial charge in [-0.1, -0.05) is 11.6 Å². The number of piperazine rings is 1. The number of likely N-dealkylation sites (tertiary alicyclic amines) is 1. The van der Waals surface area contributed by atoms with Crippen molar-refractivity contribution in [2.75, 3.05) is 49.1 Å². The molecule has 10 nitrogen and oxygen atoms in total. The van der Waals surface area contributed by atoms with Crippen molar-refractivity contribution in [3.8, 4) is 5.75 Å². The summed E-state index contributed by atoms with van der Waals surface area (Å²) in [4.78, 5) is 25.4. The molecule has 2 atom stereocenters. The number of hydrogen-bond donors (Lipinski definition) is 1. The number of piperidine rings is 1. The van der Waals surface area contributed by atoms with E-state index in [0.29, 0.717) is 56.5 Å². The molecule has 1 N–H and O–H groups in total. The maximum atomic E-state index is 15.0. The van der Waals surface area contributed by atoms with Crippen molar-refractivity contribution < 1.29 is 13.5 Å². The Labute approximate surface area is 207 Å². The number of nitrogens with zero attached hydrogens (tertiary/aromatic N) is 7. The van der Waals surface area contributed by atoms with E-state index in [1.165, 1.54) is 23.2 Å². The molecule has 0 amide bonds. The lowest BCUT2D eigenvalue weighted by molar-refractivity contribution is 0.0850. The molecule has 2 saturated heterocycles. The average molecular weight is 503 g/mol. The quantitative estimate of drug-likeness (QED) is 0.549. The van der Waals surface area contributed by atoms with Gasteiger partial charge in [0.05, 0.1) is 0 Å². The number of aromatic amines is 1. The molecule has 4 heterocycles. The van der Waals surface area contributed by atoms with Crippen molar-refractivity contribution in [1.82, 2.24) is 29.9 Å². The minimum absolute atomic E-state index is 0.0620. The molecule has 2 aliphatic rings. The van der Waals surface area contributed by atoms with Crippen LogP contribution in [0.25, 0.3) is 11.2 Å². The number of aryl methyl sites for hydroxylation is 1. The minimum Gasteiger partial charge on any atom is -0.492 e. The Morgan fingerprint density at radius 1 is 1.06 bits per heavy atom. The lowest BCUT2D eigenvalue weighted by Gasteiger charge is -2.38. The molecule has 36 heavy (non-hydrogen) atoms. The van der Waals surface area contributed by atoms with Gasteiger partial charge >= 0.3 is 0 Å². The Kier molecular flexibility index (Phi) is 6.78. The highest BCUT2D eigenvalue weighted by Crippen LogP contribution is 2.30. The zero-order valence-electron chi connectivity index (χ0n) is 20.9. The van der Waals surface area contributed by atoms with Gasteiger partial charge in [-0.05, 0) is 26.7 Å². The topological polar surface area (TPSA) is 95.4 Å². The van der Waals surface area contributed by atoms with E-state index in [0.717, 1.165) is 19.4 Å². The second kappa shape index (κ2) is 10.00. The summed E-state index contributed by atoms with van der Waals surface area (Å²) in [5, 5.41) is 7.65. The van der Waals surface area contributed by atoms with Gasteiger partial charge < -0.3 is 14.5 Å². The van der Waals surface area contributed by atoms with Crippen molar-refractivity contribution in [3.05, 3.63) is 34.1 Å². The number of nitrogens with one attached hydrogen (secondary N) is 1. The maximum absolute atomic E-state index is 15.0. The number of halogens is 2. The van der Waals surface area contributed by atoms with E-state index < -0.39 is 11.6 Å². The molecule has 1 aromatic carbocycles. The summed E-state index contributed by atoms with van der Waals surface area (Å²) in [7, 11) is 1.66. The zero-order chi connectivity index (χ0) is 25.4. The van der Waals surface area contributed by atoms with E-state index in [-0.39, 0.29) is 22.5 Å². The van der Waals surface area contributed by atoms with Crippen LogP contribution in [0.1, 0.15) is 33.1 Å². The highest BCUT2D eigenvalue weighted by atomic mass is 19.1. The third-order valence-electron chi connectivity index (χ3n) is 7.33. The van der Waals surface area contributed by atoms with Gasteiger partial charge in [0.1, 0.15) is 18.0 Å². The Bertz CT molecular complexity index is 1250. The van der Waals surface area contributed by atoms with Gasteiger partial charge in [-0.2, -0.15) is 4.98 Å². The van der Waals surface area contributed by atoms with Gasteiger partial charge in [-0.25, -0.2) is 13.5 Å². The Hall–Kier alpha value is -3.28. The lowest BCUT2D eigenvalue weighted by Crippen LogP contribution is -2.48. The average Bonchev–Trinajstić information content (AvgIpc) is 3.22. The van der Waals surface area contributed by atoms with Crippen LogP contribution < -0.4 is 20.1 Å². The molecule has 0 saturated carbocycles. The lowest BCUT2D eigenvalue weighted by atomic mass is 9.98. The number of anilines is 2. The Morgan fingerprint density at radius 2 is 1.69 bits per heavy atom. The van der Waals surface area contributed by atoms with Crippen molar-refractivity contribution in [2.24, 2.45) is 7.05 Å². The SMILES string of the molecule is CC1CCCC(C)N1CCOc1cc(F)c(N2CCN(c3nc4c(nnn4C)c(=O)[nH]3)CC2)c(F)c1. The summed E-state index contributed by atoms with van der Waals surface area (Å²) in [5.74, 6) is -0.705. The molecule has 2 aromatic heterocycles. The fourth-order valence-electron chi connectivity index (χ4n) is 5.32. The molecule has 3 aromatic rings. The number of H-pyrrole nitrogens is 1. The van der Waals surface area contributed by atoms with Gasteiger partial charge in [-0.3, -0.25) is 14.7 Å². The van der Waals surface area contributed by atoms with Gasteiger partial charge in [0, 0.05) is 64.0 Å². The van der Waals surface area contributed by atoms with E-state index in [9.17, 15) is 13.6 Å². The van der Waals surface area contributed by atoms with Crippen LogP contribution in [0, 0.1) is 11.6 Å². The molecule has 2 fully saturated rings. The van der Waals surface area contributed by atoms with Crippen LogP contribution in [-0.2, 0) is 7.05 Å². The summed E-state index contributed by atoms with van der Waals surface area (Å²) in [6.45, 7) is 7.14. The fourth-order valence-corrected chi connectivity index (χ4v) is 5.32. The molecule has 194 valence electrons. The Morgan fingerprint density at radius 3 is 2.36 bits per heavy atom. The first kappa shape index (κ1) is 24.4. The molecule has 5 rings (SSSR count). The molecular formula is C24H32F2N8O2. The largest absolute Gasteiger partial charge is 0.492 e. The summed E-state index contributed by atoms with van der Waals surface area (Å²) in [6.07, 6.45) is 3.56. The molecule has 0 aliphatic carbocycles. The van der Waals surface area contributed by atoms with Crippen LogP contribution in [0.2, 0.25) is 0 Å². The van der Waals surface area contributed by atoms with Gasteiger partial charge in [-0.15, -0.1) is 5.10 Å². The number of fused-ring (bicyclic) bond motifs is 1. The fraction of sp³-hybridized carbons (Fsp3) is 0.583. The van der Waals surface area contributed by atoms with Crippen molar-refractivity contribution in [3.63, 3.8) is 0 Å². The summed E-state index contributed by atoms with van der Waals surface area (Å²) in [6, 6.07) is 3.50. The first-order valence-corrected chi connectivity index (χ1v) is 12.5. The molecule has 0 radical (unpaired) electrons. The third kappa shape index (κ3) is 4.73. The van der Waals surface area contributed by atoms with Crippen LogP contribution in [0.15, 0.2) is 16.9 Å². The highest BCUT2D eigenvalue weighted by molar-refractivity contribution is 5.69. The standard InChI is InChI=1S/C24H32F2N8O2/c1-15-5-4-6-16(2)34(15)11-12-36-17-13-18(25)21(19(26)14-17)32-7-9-33(10-8-32)24-27-22-20(23(35)28-24)29-30-31(22)3/h13-16H,4-12H2,1-3H3,(H,27,28,35). The number of benzene rings is 1. The van der Waals surface area contributed by atoms with Crippen LogP contribution in [0.3, 0.4) is 0 Å². The molecule has 2 aliphatic heterocycles. The van der Waals surface area contributed by atoms with Crippen LogP contribution >= 0.6 is 0 Å². The minimum atomic E-state index is -0.646. The zero-order valence-corrected chi connectivity index (χ0v) is 20.9. The summed E-state index contributed by atoms with van der Waals surface area (Å²) < 4.78 is 37.2. The summed E-state index contributed by atoms with van der Waals surface area (Å²) >= 11 is 0. The van der Waals surface area contributed by atoms with Crippen LogP contribution in [0.5, 0.6) is 5.75 Å². The number of ether oxygens (including phenoxy) is 1. The monoisotopic (exact) mass is 502 g/mol. The second-order valence-electron chi connectivity index (χ2n) is 9.70. The second-order valence-corrected chi connectivity index (χ2v) is 9.70. The predicted octanol–water partition coefficient (Wildman–Crippen LogP) is 2.30. The third-order valence-corrected chi connectivity index (χ3v) is 7.33. The first-order chi connectivity index (χ1) is 17.3. The van der Waals surface area contributed by atoms with E-state index in [2.05, 4.69) is 39.0 Å². The van der Waals surface area contributed by atoms with E-state index >= 15 is 0 Å². The van der Waals surface area contributed by atoms with Gasteiger partial charge in [0.25, 0.3) is 5.56 Å². The smallest absolute Gasteiger partial charge is 0.282 e. The Balaban J connectivity index is 1.22. The molecule has 2 unspecified atom stereocenters. The van der Waals surface area contributed by atoms with E-state index in [1.807, 2.05) is 4.90 Å². The van der Waals surface area contributed by atoms with Crippen LogP contribution in [-0.4, -0.2) is 81.3 Å². The molecule has 0 bridgehead atoms. The van der Waals surface area contributed by atoms with Crippen molar-refractivity contribution >= 4 is 22.8 Å². The predicted molar refractivity (Wildman–Crippen MR) is 133 cm³/mol. The number of hydrogen-bond acceptors (Lipinski definition) is 8. The van der Waals surface area contributed by atoms with Crippen LogP contribution in [0.4, 0.5) is 20.4 Å².